The number of H-pyrrole nitrogens is 2. The largest absolute Gasteiger partial charge is 0.336 e. The minimum atomic E-state index is -0.451. The minimum absolute atomic E-state index is 0.348. The van der Waals surface area contributed by atoms with E-state index in [0.29, 0.717) is 23.4 Å². The van der Waals surface area contributed by atoms with Crippen molar-refractivity contribution in [3.8, 4) is 0 Å². The maximum Gasteiger partial charge on any atom is 0.329 e. The van der Waals surface area contributed by atoms with Crippen molar-refractivity contribution in [3.05, 3.63) is 26.7 Å². The first-order chi connectivity index (χ1) is 7.99. The average molecular weight is 237 g/mol. The van der Waals surface area contributed by atoms with Crippen LogP contribution in [0.5, 0.6) is 0 Å². The number of rotatable bonds is 3. The molecule has 0 aliphatic carbocycles. The Morgan fingerprint density at radius 3 is 2.65 bits per heavy atom. The van der Waals surface area contributed by atoms with Crippen molar-refractivity contribution in [2.45, 2.75) is 6.42 Å². The molecule has 0 fully saturated rings. The molecule has 2 N–H and O–H groups in total. The fourth-order valence-corrected chi connectivity index (χ4v) is 1.60. The standard InChI is InChI=1S/C10H15N5O2/c1-14(2)5-4-6-11-7-8(12-6)15(3)10(17)13-9(7)16/h4-5H2,1-3H3,(H,11,12)(H,13,16,17). The zero-order valence-corrected chi connectivity index (χ0v) is 10.1. The van der Waals surface area contributed by atoms with Gasteiger partial charge in [0.1, 0.15) is 11.3 Å². The number of nitrogens with zero attached hydrogens (tertiary/aromatic N) is 3. The quantitative estimate of drug-likeness (QED) is 0.721. The molecular weight excluding hydrogens is 222 g/mol. The summed E-state index contributed by atoms with van der Waals surface area (Å²) in [5.74, 6) is 0.709. The van der Waals surface area contributed by atoms with Crippen LogP contribution in [0, 0.1) is 0 Å². The molecule has 2 aromatic heterocycles. The summed E-state index contributed by atoms with van der Waals surface area (Å²) in [6.45, 7) is 0.825. The van der Waals surface area contributed by atoms with Crippen molar-refractivity contribution in [3.63, 3.8) is 0 Å². The fraction of sp³-hybridized carbons (Fsp3) is 0.500. The lowest BCUT2D eigenvalue weighted by Gasteiger charge is -2.06. The van der Waals surface area contributed by atoms with E-state index in [1.54, 1.807) is 7.05 Å². The van der Waals surface area contributed by atoms with E-state index in [2.05, 4.69) is 15.0 Å². The molecule has 0 aliphatic heterocycles. The number of aromatic nitrogens is 4. The highest BCUT2D eigenvalue weighted by molar-refractivity contribution is 5.69. The Morgan fingerprint density at radius 2 is 2.00 bits per heavy atom. The topological polar surface area (TPSA) is 86.8 Å². The Bertz CT molecular complexity index is 649. The van der Waals surface area contributed by atoms with Crippen molar-refractivity contribution in [1.82, 2.24) is 24.4 Å². The van der Waals surface area contributed by atoms with Gasteiger partial charge in [-0.1, -0.05) is 0 Å². The molecule has 0 aromatic carbocycles. The molecule has 17 heavy (non-hydrogen) atoms. The molecule has 7 heteroatoms. The third kappa shape index (κ3) is 2.14. The maximum absolute atomic E-state index is 11.6. The van der Waals surface area contributed by atoms with Gasteiger partial charge in [-0.2, -0.15) is 0 Å². The Hall–Kier alpha value is -1.89. The summed E-state index contributed by atoms with van der Waals surface area (Å²) >= 11 is 0. The lowest BCUT2D eigenvalue weighted by Crippen LogP contribution is -2.28. The van der Waals surface area contributed by atoms with Crippen molar-refractivity contribution in [1.29, 1.82) is 0 Å². The number of imidazole rings is 1. The van der Waals surface area contributed by atoms with Gasteiger partial charge >= 0.3 is 5.69 Å². The van der Waals surface area contributed by atoms with E-state index in [4.69, 9.17) is 0 Å². The van der Waals surface area contributed by atoms with Gasteiger partial charge in [0.05, 0.1) is 0 Å². The van der Waals surface area contributed by atoms with Gasteiger partial charge in [0.15, 0.2) is 5.65 Å². The molecule has 0 atom stereocenters. The van der Waals surface area contributed by atoms with Gasteiger partial charge in [-0.3, -0.25) is 14.3 Å². The van der Waals surface area contributed by atoms with Crippen LogP contribution < -0.4 is 11.2 Å². The van der Waals surface area contributed by atoms with Gasteiger partial charge in [-0.15, -0.1) is 0 Å². The fourth-order valence-electron chi connectivity index (χ4n) is 1.60. The second kappa shape index (κ2) is 4.17. The summed E-state index contributed by atoms with van der Waals surface area (Å²) < 4.78 is 1.33. The molecule has 0 bridgehead atoms. The molecule has 0 aliphatic rings. The van der Waals surface area contributed by atoms with Crippen LogP contribution in [0.1, 0.15) is 5.82 Å². The monoisotopic (exact) mass is 237 g/mol. The molecule has 2 rings (SSSR count). The van der Waals surface area contributed by atoms with Crippen LogP contribution in [0.2, 0.25) is 0 Å². The molecule has 0 amide bonds. The number of hydrogen-bond acceptors (Lipinski definition) is 4. The first-order valence-corrected chi connectivity index (χ1v) is 5.31. The highest BCUT2D eigenvalue weighted by atomic mass is 16.2. The van der Waals surface area contributed by atoms with Crippen molar-refractivity contribution >= 4 is 11.2 Å². The van der Waals surface area contributed by atoms with Crippen molar-refractivity contribution < 1.29 is 0 Å². The predicted octanol–water partition coefficient (Wildman–Crippen LogP) is -0.946. The highest BCUT2D eigenvalue weighted by Crippen LogP contribution is 2.04. The van der Waals surface area contributed by atoms with E-state index in [1.807, 2.05) is 19.0 Å². The molecule has 92 valence electrons. The van der Waals surface area contributed by atoms with E-state index >= 15 is 0 Å². The van der Waals surface area contributed by atoms with E-state index in [-0.39, 0.29) is 0 Å². The van der Waals surface area contributed by atoms with Crippen LogP contribution >= 0.6 is 0 Å². The zero-order chi connectivity index (χ0) is 12.6. The van der Waals surface area contributed by atoms with Crippen LogP contribution in [-0.4, -0.2) is 45.1 Å². The van der Waals surface area contributed by atoms with Gasteiger partial charge in [0.2, 0.25) is 0 Å². The van der Waals surface area contributed by atoms with Crippen LogP contribution in [0.15, 0.2) is 9.59 Å². The number of nitrogens with one attached hydrogen (secondary N) is 2. The molecular formula is C10H15N5O2. The smallest absolute Gasteiger partial charge is 0.329 e. The van der Waals surface area contributed by atoms with Crippen LogP contribution in [0.3, 0.4) is 0 Å². The van der Waals surface area contributed by atoms with Crippen LogP contribution in [0.4, 0.5) is 0 Å². The van der Waals surface area contributed by atoms with E-state index in [9.17, 15) is 9.59 Å². The number of hydrogen-bond donors (Lipinski definition) is 2. The predicted molar refractivity (Wildman–Crippen MR) is 64.2 cm³/mol. The van der Waals surface area contributed by atoms with Gasteiger partial charge in [0, 0.05) is 20.0 Å². The molecule has 0 saturated carbocycles. The summed E-state index contributed by atoms with van der Waals surface area (Å²) in [6.07, 6.45) is 0.704. The van der Waals surface area contributed by atoms with Gasteiger partial charge < -0.3 is 9.88 Å². The second-order valence-electron chi connectivity index (χ2n) is 4.25. The van der Waals surface area contributed by atoms with Crippen molar-refractivity contribution in [2.75, 3.05) is 20.6 Å². The van der Waals surface area contributed by atoms with Crippen molar-refractivity contribution in [2.24, 2.45) is 7.05 Å². The van der Waals surface area contributed by atoms with E-state index < -0.39 is 11.2 Å². The zero-order valence-electron chi connectivity index (χ0n) is 10.1. The molecule has 0 saturated heterocycles. The van der Waals surface area contributed by atoms with Crippen LogP contribution in [0.25, 0.3) is 11.2 Å². The Labute approximate surface area is 97.1 Å². The minimum Gasteiger partial charge on any atom is -0.336 e. The molecule has 0 unspecified atom stereocenters. The first-order valence-electron chi connectivity index (χ1n) is 5.31. The maximum atomic E-state index is 11.6. The molecule has 2 heterocycles. The Kier molecular flexibility index (Phi) is 2.84. The number of fused-ring (bicyclic) bond motifs is 1. The summed E-state index contributed by atoms with van der Waals surface area (Å²) in [7, 11) is 5.51. The van der Waals surface area contributed by atoms with Gasteiger partial charge in [0.25, 0.3) is 5.56 Å². The highest BCUT2D eigenvalue weighted by Gasteiger charge is 2.10. The first kappa shape index (κ1) is 11.6. The second-order valence-corrected chi connectivity index (χ2v) is 4.25. The summed E-state index contributed by atoms with van der Waals surface area (Å²) in [5, 5.41) is 0. The normalized spacial score (nSPS) is 11.5. The third-order valence-electron chi connectivity index (χ3n) is 2.60. The van der Waals surface area contributed by atoms with Gasteiger partial charge in [-0.25, -0.2) is 9.78 Å². The summed E-state index contributed by atoms with van der Waals surface area (Å²) in [5.41, 5.74) is -0.131. The molecule has 2 aromatic rings. The number of aryl methyl sites for hydroxylation is 1. The number of aromatic amines is 2. The van der Waals surface area contributed by atoms with E-state index in [0.717, 1.165) is 6.54 Å². The van der Waals surface area contributed by atoms with Crippen LogP contribution in [-0.2, 0) is 13.5 Å². The third-order valence-corrected chi connectivity index (χ3v) is 2.60. The Morgan fingerprint density at radius 1 is 1.29 bits per heavy atom. The lowest BCUT2D eigenvalue weighted by molar-refractivity contribution is 0.410. The number of likely N-dealkylation sites (N-methyl/N-ethyl adjacent to an activating group) is 1. The Balaban J connectivity index is 2.50. The SMILES string of the molecule is CN(C)CCc1nc2c([nH]1)c(=O)[nH]c(=O)n2C. The summed E-state index contributed by atoms with van der Waals surface area (Å²) in [6, 6.07) is 0. The molecule has 0 spiro atoms. The van der Waals surface area contributed by atoms with Gasteiger partial charge in [-0.05, 0) is 14.1 Å². The molecule has 7 nitrogen and oxygen atoms in total. The molecule has 0 radical (unpaired) electrons. The van der Waals surface area contributed by atoms with E-state index in [1.165, 1.54) is 4.57 Å². The average Bonchev–Trinajstić information content (AvgIpc) is 2.68. The lowest BCUT2D eigenvalue weighted by atomic mass is 10.4. The summed E-state index contributed by atoms with van der Waals surface area (Å²) in [4.78, 5) is 34.4.